The average Bonchev–Trinajstić information content (AvgIpc) is 3.29. The number of amidine groups is 1. The molecule has 27 heavy (non-hydrogen) atoms. The lowest BCUT2D eigenvalue weighted by atomic mass is 9.88. The number of nitrogens with two attached hydrogens (primary N) is 1. The number of rotatable bonds is 3. The molecule has 2 aromatic rings. The molecule has 9 heteroatoms. The number of nitrogens with one attached hydrogen (secondary N) is 1. The Bertz CT molecular complexity index is 967. The molecular weight excluding hydrogens is 373 g/mol. The third-order valence-electron chi connectivity index (χ3n) is 5.07. The van der Waals surface area contributed by atoms with Crippen LogP contribution in [0.3, 0.4) is 0 Å². The number of aliphatic imine (C=N–C) groups is 1. The van der Waals surface area contributed by atoms with E-state index in [1.165, 1.54) is 24.4 Å². The van der Waals surface area contributed by atoms with Gasteiger partial charge in [0.25, 0.3) is 11.9 Å². The molecule has 1 aliphatic carbocycles. The summed E-state index contributed by atoms with van der Waals surface area (Å²) in [5.41, 5.74) is 4.64. The Hall–Kier alpha value is -2.74. The quantitative estimate of drug-likeness (QED) is 0.840. The van der Waals surface area contributed by atoms with Crippen LogP contribution in [0.1, 0.15) is 36.5 Å². The summed E-state index contributed by atoms with van der Waals surface area (Å²) in [5, 5.41) is 3.04. The maximum absolute atomic E-state index is 14.6. The number of carbonyl (C=O) groups is 1. The van der Waals surface area contributed by atoms with Crippen LogP contribution in [0.4, 0.5) is 10.2 Å². The van der Waals surface area contributed by atoms with Gasteiger partial charge >= 0.3 is 0 Å². The van der Waals surface area contributed by atoms with Gasteiger partial charge in [0, 0.05) is 12.1 Å². The van der Waals surface area contributed by atoms with Gasteiger partial charge in [0.2, 0.25) is 0 Å². The normalized spacial score (nSPS) is 28.6. The summed E-state index contributed by atoms with van der Waals surface area (Å²) in [6, 6.07) is 5.69. The smallest absolute Gasteiger partial charge is 0.283 e. The Labute approximate surface area is 159 Å². The molecule has 0 bridgehead atoms. The monoisotopic (exact) mass is 389 g/mol. The van der Waals surface area contributed by atoms with Crippen LogP contribution in [-0.4, -0.2) is 27.5 Å². The third kappa shape index (κ3) is 2.99. The molecular formula is C18H17ClFN5O2. The number of halogens is 2. The lowest BCUT2D eigenvalue weighted by Gasteiger charge is -2.32. The first-order chi connectivity index (χ1) is 12.7. The lowest BCUT2D eigenvalue weighted by molar-refractivity contribution is 0.102. The van der Waals surface area contributed by atoms with Crippen molar-refractivity contribution in [3.63, 3.8) is 0 Å². The van der Waals surface area contributed by atoms with Crippen LogP contribution in [0.5, 0.6) is 0 Å². The zero-order valence-electron chi connectivity index (χ0n) is 14.7. The van der Waals surface area contributed by atoms with Crippen LogP contribution in [0, 0.1) is 11.7 Å². The molecule has 2 aromatic heterocycles. The predicted molar refractivity (Wildman–Crippen MR) is 98.0 cm³/mol. The molecule has 0 saturated heterocycles. The van der Waals surface area contributed by atoms with E-state index in [1.54, 1.807) is 13.0 Å². The van der Waals surface area contributed by atoms with Gasteiger partial charge in [0.15, 0.2) is 0 Å². The number of fused-ring (bicyclic) bond motifs is 1. The van der Waals surface area contributed by atoms with E-state index >= 15 is 0 Å². The minimum atomic E-state index is -0.972. The van der Waals surface area contributed by atoms with Crippen molar-refractivity contribution in [1.82, 2.24) is 9.97 Å². The van der Waals surface area contributed by atoms with Gasteiger partial charge in [0.1, 0.15) is 34.2 Å². The fourth-order valence-electron chi connectivity index (χ4n) is 3.60. The molecule has 3 atom stereocenters. The summed E-state index contributed by atoms with van der Waals surface area (Å²) in [6.45, 7) is 3.68. The van der Waals surface area contributed by atoms with Gasteiger partial charge in [-0.2, -0.15) is 0 Å². The van der Waals surface area contributed by atoms with Crippen molar-refractivity contribution >= 4 is 29.3 Å². The van der Waals surface area contributed by atoms with Crippen LogP contribution in [0.15, 0.2) is 35.5 Å². The Balaban J connectivity index is 1.65. The molecule has 2 aliphatic rings. The molecule has 3 heterocycles. The Kier molecular flexibility index (Phi) is 3.85. The Morgan fingerprint density at radius 3 is 2.85 bits per heavy atom. The van der Waals surface area contributed by atoms with Gasteiger partial charge in [-0.3, -0.25) is 4.79 Å². The van der Waals surface area contributed by atoms with Crippen LogP contribution in [0.25, 0.3) is 0 Å². The van der Waals surface area contributed by atoms with E-state index in [0.717, 1.165) is 0 Å². The Morgan fingerprint density at radius 1 is 1.37 bits per heavy atom. The van der Waals surface area contributed by atoms with Crippen molar-refractivity contribution < 1.29 is 13.9 Å². The van der Waals surface area contributed by atoms with Crippen LogP contribution in [-0.2, 0) is 10.3 Å². The molecule has 1 unspecified atom stereocenters. The van der Waals surface area contributed by atoms with E-state index in [4.69, 9.17) is 22.1 Å². The van der Waals surface area contributed by atoms with Crippen molar-refractivity contribution in [3.8, 4) is 0 Å². The molecule has 3 N–H and O–H groups in total. The number of ether oxygens (including phenoxy) is 1. The van der Waals surface area contributed by atoms with E-state index in [2.05, 4.69) is 20.3 Å². The molecule has 7 nitrogen and oxygen atoms in total. The summed E-state index contributed by atoms with van der Waals surface area (Å²) < 4.78 is 20.2. The number of nitrogens with zero attached hydrogens (tertiary/aromatic N) is 3. The summed E-state index contributed by atoms with van der Waals surface area (Å²) in [6.07, 6.45) is 2.06. The minimum Gasteiger partial charge on any atom is -0.459 e. The first-order valence-electron chi connectivity index (χ1n) is 8.35. The second-order valence-electron chi connectivity index (χ2n) is 7.11. The van der Waals surface area contributed by atoms with Crippen molar-refractivity contribution in [2.75, 3.05) is 5.32 Å². The number of pyridine rings is 2. The van der Waals surface area contributed by atoms with Crippen LogP contribution in [0.2, 0.25) is 5.02 Å². The first-order valence-corrected chi connectivity index (χ1v) is 8.73. The van der Waals surface area contributed by atoms with Gasteiger partial charge in [-0.25, -0.2) is 19.4 Å². The number of carbonyl (C=O) groups excluding carboxylic acids is 1. The molecule has 0 radical (unpaired) electrons. The molecule has 4 rings (SSSR count). The first kappa shape index (κ1) is 17.7. The maximum Gasteiger partial charge on any atom is 0.283 e. The lowest BCUT2D eigenvalue weighted by Crippen LogP contribution is -2.40. The van der Waals surface area contributed by atoms with Gasteiger partial charge in [-0.1, -0.05) is 11.6 Å². The highest BCUT2D eigenvalue weighted by Gasteiger charge is 2.66. The summed E-state index contributed by atoms with van der Waals surface area (Å²) >= 11 is 5.78. The zero-order chi connectivity index (χ0) is 19.4. The van der Waals surface area contributed by atoms with Gasteiger partial charge in [-0.15, -0.1) is 0 Å². The van der Waals surface area contributed by atoms with Crippen LogP contribution >= 0.6 is 11.6 Å². The van der Waals surface area contributed by atoms with Crippen molar-refractivity contribution in [2.45, 2.75) is 31.4 Å². The number of amides is 1. The Morgan fingerprint density at radius 2 is 2.15 bits per heavy atom. The van der Waals surface area contributed by atoms with Crippen molar-refractivity contribution in [3.05, 3.63) is 52.7 Å². The second-order valence-corrected chi connectivity index (χ2v) is 7.55. The predicted octanol–water partition coefficient (Wildman–Crippen LogP) is 2.86. The number of aromatic nitrogens is 2. The molecule has 1 saturated carbocycles. The highest BCUT2D eigenvalue weighted by atomic mass is 35.5. The van der Waals surface area contributed by atoms with E-state index in [9.17, 15) is 9.18 Å². The number of hydrogen-bond acceptors (Lipinski definition) is 6. The molecule has 0 spiro atoms. The SMILES string of the molecule is CC12C[C@@H]1[C@](C)(c1nc(NC(=O)c3ccc(Cl)cn3)ccc1F)N=C(N)O2. The van der Waals surface area contributed by atoms with E-state index in [0.29, 0.717) is 11.4 Å². The highest BCUT2D eigenvalue weighted by molar-refractivity contribution is 6.30. The number of anilines is 1. The minimum absolute atomic E-state index is 0.00903. The van der Waals surface area contributed by atoms with Gasteiger partial charge in [0.05, 0.1) is 5.02 Å². The molecule has 1 amide bonds. The van der Waals surface area contributed by atoms with E-state index < -0.39 is 22.9 Å². The topological polar surface area (TPSA) is 102 Å². The number of hydrogen-bond donors (Lipinski definition) is 2. The van der Waals surface area contributed by atoms with Gasteiger partial charge in [-0.05, 0) is 44.5 Å². The van der Waals surface area contributed by atoms with Crippen molar-refractivity contribution in [1.29, 1.82) is 0 Å². The summed E-state index contributed by atoms with van der Waals surface area (Å²) in [5.74, 6) is -0.860. The van der Waals surface area contributed by atoms with Gasteiger partial charge < -0.3 is 15.8 Å². The third-order valence-corrected chi connectivity index (χ3v) is 5.30. The standard InChI is InChI=1S/C18H17ClFN5O2/c1-17-7-12(17)18(2,25-16(21)27-17)14-10(20)4-6-13(23-14)24-15(26)11-5-3-9(19)8-22-11/h3-6,8,12H,7H2,1-2H3,(H2,21,25)(H,23,24,26)/t12-,17?,18+/m0/s1. The highest BCUT2D eigenvalue weighted by Crippen LogP contribution is 2.60. The average molecular weight is 390 g/mol. The van der Waals surface area contributed by atoms with Crippen molar-refractivity contribution in [2.24, 2.45) is 16.6 Å². The zero-order valence-corrected chi connectivity index (χ0v) is 15.4. The fourth-order valence-corrected chi connectivity index (χ4v) is 3.71. The molecule has 1 aliphatic heterocycles. The van der Waals surface area contributed by atoms with Crippen LogP contribution < -0.4 is 11.1 Å². The maximum atomic E-state index is 14.6. The summed E-state index contributed by atoms with van der Waals surface area (Å²) in [4.78, 5) is 24.9. The molecule has 1 fully saturated rings. The van der Waals surface area contributed by atoms with E-state index in [-0.39, 0.29) is 29.1 Å². The molecule has 140 valence electrons. The largest absolute Gasteiger partial charge is 0.459 e. The summed E-state index contributed by atoms with van der Waals surface area (Å²) in [7, 11) is 0. The van der Waals surface area contributed by atoms with E-state index in [1.807, 2.05) is 6.92 Å². The molecule has 0 aromatic carbocycles. The fraction of sp³-hybridized carbons (Fsp3) is 0.333. The second kappa shape index (κ2) is 5.88.